The van der Waals surface area contributed by atoms with Crippen LogP contribution in [0.2, 0.25) is 0 Å². The lowest BCUT2D eigenvalue weighted by Gasteiger charge is -2.30. The van der Waals surface area contributed by atoms with Crippen molar-refractivity contribution in [2.24, 2.45) is 0 Å². The lowest BCUT2D eigenvalue weighted by Crippen LogP contribution is -2.50. The van der Waals surface area contributed by atoms with E-state index < -0.39 is 0 Å². The van der Waals surface area contributed by atoms with E-state index in [0.717, 1.165) is 69.2 Å². The Hall–Kier alpha value is -2.44. The molecule has 2 aliphatic heterocycles. The Bertz CT molecular complexity index is 956. The van der Waals surface area contributed by atoms with Crippen molar-refractivity contribution in [1.82, 2.24) is 20.4 Å². The molecule has 2 aliphatic rings. The molecule has 2 amide bonds. The number of piperidine rings is 1. The average Bonchev–Trinajstić information content (AvgIpc) is 3.03. The van der Waals surface area contributed by atoms with Gasteiger partial charge in [-0.25, -0.2) is 0 Å². The summed E-state index contributed by atoms with van der Waals surface area (Å²) in [6.45, 7) is 7.52. The van der Waals surface area contributed by atoms with Crippen molar-refractivity contribution < 1.29 is 9.59 Å². The summed E-state index contributed by atoms with van der Waals surface area (Å²) >= 11 is 0. The standard InChI is InChI=1S/C28H40N4O2/c1-2-3-17-32-19-13-25(30-26(28(32)34)14-18-31-15-7-4-8-16-31)21-29-27(33)24-12-11-22-9-5-6-10-23(22)20-24/h5-6,9-12,20,25-26,30H,2-4,7-8,13-19,21H2,1H3,(H,29,33). The van der Waals surface area contributed by atoms with Crippen molar-refractivity contribution in [3.63, 3.8) is 0 Å². The third kappa shape index (κ3) is 6.57. The third-order valence-electron chi connectivity index (χ3n) is 7.28. The zero-order valence-electron chi connectivity index (χ0n) is 20.6. The van der Waals surface area contributed by atoms with Gasteiger partial charge in [0.05, 0.1) is 6.04 Å². The minimum atomic E-state index is -0.177. The highest BCUT2D eigenvalue weighted by Crippen LogP contribution is 2.17. The molecule has 0 saturated carbocycles. The molecule has 2 unspecified atom stereocenters. The van der Waals surface area contributed by atoms with E-state index in [0.29, 0.717) is 12.1 Å². The van der Waals surface area contributed by atoms with Gasteiger partial charge in [0.2, 0.25) is 5.91 Å². The predicted octanol–water partition coefficient (Wildman–Crippen LogP) is 3.80. The number of amides is 2. The number of likely N-dealkylation sites (tertiary alicyclic amines) is 1. The second-order valence-corrected chi connectivity index (χ2v) is 9.85. The number of nitrogens with one attached hydrogen (secondary N) is 2. The summed E-state index contributed by atoms with van der Waals surface area (Å²) in [6.07, 6.45) is 7.65. The van der Waals surface area contributed by atoms with E-state index >= 15 is 0 Å². The van der Waals surface area contributed by atoms with E-state index in [4.69, 9.17) is 0 Å². The molecule has 2 N–H and O–H groups in total. The van der Waals surface area contributed by atoms with Crippen molar-refractivity contribution in [3.8, 4) is 0 Å². The van der Waals surface area contributed by atoms with Crippen LogP contribution < -0.4 is 10.6 Å². The minimum Gasteiger partial charge on any atom is -0.350 e. The Labute approximate surface area is 204 Å². The molecule has 2 saturated heterocycles. The molecule has 0 bridgehead atoms. The topological polar surface area (TPSA) is 64.7 Å². The van der Waals surface area contributed by atoms with Gasteiger partial charge in [-0.2, -0.15) is 0 Å². The minimum absolute atomic E-state index is 0.0594. The Balaban J connectivity index is 1.37. The van der Waals surface area contributed by atoms with Crippen LogP contribution in [0.15, 0.2) is 42.5 Å². The highest BCUT2D eigenvalue weighted by atomic mass is 16.2. The van der Waals surface area contributed by atoms with E-state index in [1.54, 1.807) is 0 Å². The van der Waals surface area contributed by atoms with E-state index in [1.807, 2.05) is 41.3 Å². The van der Waals surface area contributed by atoms with Crippen LogP contribution in [0.5, 0.6) is 0 Å². The fourth-order valence-corrected chi connectivity index (χ4v) is 5.16. The van der Waals surface area contributed by atoms with Crippen LogP contribution in [0.25, 0.3) is 10.8 Å². The zero-order chi connectivity index (χ0) is 23.8. The van der Waals surface area contributed by atoms with Crippen LogP contribution >= 0.6 is 0 Å². The van der Waals surface area contributed by atoms with Gasteiger partial charge in [0, 0.05) is 37.8 Å². The first-order chi connectivity index (χ1) is 16.6. The van der Waals surface area contributed by atoms with Gasteiger partial charge in [-0.05, 0) is 68.1 Å². The molecule has 0 aliphatic carbocycles. The van der Waals surface area contributed by atoms with Gasteiger partial charge in [-0.15, -0.1) is 0 Å². The predicted molar refractivity (Wildman–Crippen MR) is 138 cm³/mol. The van der Waals surface area contributed by atoms with E-state index in [-0.39, 0.29) is 23.9 Å². The quantitative estimate of drug-likeness (QED) is 0.592. The first kappa shape index (κ1) is 24.7. The molecule has 2 atom stereocenters. The summed E-state index contributed by atoms with van der Waals surface area (Å²) in [7, 11) is 0. The maximum Gasteiger partial charge on any atom is 0.251 e. The maximum absolute atomic E-state index is 13.3. The molecule has 0 aromatic heterocycles. The van der Waals surface area contributed by atoms with Crippen molar-refractivity contribution in [2.45, 2.75) is 64.0 Å². The maximum atomic E-state index is 13.3. The van der Waals surface area contributed by atoms with Crippen LogP contribution in [0, 0.1) is 0 Å². The molecule has 2 heterocycles. The number of hydrogen-bond acceptors (Lipinski definition) is 4. The highest BCUT2D eigenvalue weighted by molar-refractivity contribution is 5.98. The van der Waals surface area contributed by atoms with Crippen molar-refractivity contribution >= 4 is 22.6 Å². The van der Waals surface area contributed by atoms with Gasteiger partial charge < -0.3 is 20.4 Å². The monoisotopic (exact) mass is 464 g/mol. The number of benzene rings is 2. The SMILES string of the molecule is CCCCN1CCC(CNC(=O)c2ccc3ccccc3c2)NC(CCN2CCCCC2)C1=O. The van der Waals surface area contributed by atoms with Crippen LogP contribution in [-0.2, 0) is 4.79 Å². The first-order valence-corrected chi connectivity index (χ1v) is 13.2. The number of carbonyl (C=O) groups is 2. The van der Waals surface area contributed by atoms with E-state index in [9.17, 15) is 9.59 Å². The molecular formula is C28H40N4O2. The number of fused-ring (bicyclic) bond motifs is 1. The lowest BCUT2D eigenvalue weighted by molar-refractivity contribution is -0.133. The first-order valence-electron chi connectivity index (χ1n) is 13.2. The normalized spacial score (nSPS) is 22.0. The molecular weight excluding hydrogens is 424 g/mol. The largest absolute Gasteiger partial charge is 0.350 e. The fraction of sp³-hybridized carbons (Fsp3) is 0.571. The molecule has 0 spiro atoms. The van der Waals surface area contributed by atoms with E-state index in [1.165, 1.54) is 19.3 Å². The lowest BCUT2D eigenvalue weighted by atomic mass is 10.1. The molecule has 2 aromatic rings. The molecule has 2 fully saturated rings. The second-order valence-electron chi connectivity index (χ2n) is 9.85. The molecule has 34 heavy (non-hydrogen) atoms. The van der Waals surface area contributed by atoms with Crippen molar-refractivity contribution in [1.29, 1.82) is 0 Å². The number of carbonyl (C=O) groups excluding carboxylic acids is 2. The smallest absolute Gasteiger partial charge is 0.251 e. The Kier molecular flexibility index (Phi) is 8.94. The van der Waals surface area contributed by atoms with Crippen molar-refractivity contribution in [2.75, 3.05) is 39.3 Å². The van der Waals surface area contributed by atoms with Crippen LogP contribution in [0.4, 0.5) is 0 Å². The summed E-state index contributed by atoms with van der Waals surface area (Å²) in [5.41, 5.74) is 0.676. The van der Waals surface area contributed by atoms with Crippen LogP contribution in [-0.4, -0.2) is 73.0 Å². The molecule has 184 valence electrons. The summed E-state index contributed by atoms with van der Waals surface area (Å²) in [4.78, 5) is 30.7. The average molecular weight is 465 g/mol. The van der Waals surface area contributed by atoms with Crippen LogP contribution in [0.1, 0.15) is 62.2 Å². The molecule has 6 nitrogen and oxygen atoms in total. The summed E-state index contributed by atoms with van der Waals surface area (Å²) in [5.74, 6) is 0.171. The third-order valence-corrected chi connectivity index (χ3v) is 7.28. The van der Waals surface area contributed by atoms with E-state index in [2.05, 4.69) is 28.5 Å². The molecule has 6 heteroatoms. The number of rotatable bonds is 9. The van der Waals surface area contributed by atoms with Crippen LogP contribution in [0.3, 0.4) is 0 Å². The molecule has 4 rings (SSSR count). The summed E-state index contributed by atoms with van der Waals surface area (Å²) in [5, 5.41) is 8.93. The summed E-state index contributed by atoms with van der Waals surface area (Å²) < 4.78 is 0. The van der Waals surface area contributed by atoms with Gasteiger partial charge >= 0.3 is 0 Å². The van der Waals surface area contributed by atoms with Gasteiger partial charge in [-0.3, -0.25) is 9.59 Å². The van der Waals surface area contributed by atoms with Gasteiger partial charge in [0.1, 0.15) is 0 Å². The molecule has 0 radical (unpaired) electrons. The highest BCUT2D eigenvalue weighted by Gasteiger charge is 2.31. The zero-order valence-corrected chi connectivity index (χ0v) is 20.6. The Morgan fingerprint density at radius 3 is 2.62 bits per heavy atom. The summed E-state index contributed by atoms with van der Waals surface area (Å²) in [6, 6.07) is 13.8. The van der Waals surface area contributed by atoms with Crippen molar-refractivity contribution in [3.05, 3.63) is 48.0 Å². The van der Waals surface area contributed by atoms with Gasteiger partial charge in [0.15, 0.2) is 0 Å². The fourth-order valence-electron chi connectivity index (χ4n) is 5.16. The van der Waals surface area contributed by atoms with Gasteiger partial charge in [-0.1, -0.05) is 50.1 Å². The van der Waals surface area contributed by atoms with Gasteiger partial charge in [0.25, 0.3) is 5.91 Å². The number of nitrogens with zero attached hydrogens (tertiary/aromatic N) is 2. The molecule has 2 aromatic carbocycles. The Morgan fingerprint density at radius 1 is 1.03 bits per heavy atom. The number of unbranched alkanes of at least 4 members (excludes halogenated alkanes) is 1. The second kappa shape index (κ2) is 12.3. The Morgan fingerprint density at radius 2 is 1.82 bits per heavy atom. The number of hydrogen-bond donors (Lipinski definition) is 2.